The lowest BCUT2D eigenvalue weighted by molar-refractivity contribution is 1.22. The molecule has 60 valence electrons. The molecule has 2 rings (SSSR count). The molecule has 0 atom stereocenters. The number of nitrogens with one attached hydrogen (secondary N) is 1. The smallest absolute Gasteiger partial charge is 0.104 e. The maximum Gasteiger partial charge on any atom is 0.104 e. The van der Waals surface area contributed by atoms with Gasteiger partial charge in [0.2, 0.25) is 0 Å². The zero-order chi connectivity index (χ0) is 8.55. The fourth-order valence-corrected chi connectivity index (χ4v) is 1.67. The molecule has 0 bridgehead atoms. The third-order valence-electron chi connectivity index (χ3n) is 1.96. The predicted molar refractivity (Wildman–Crippen MR) is 53.9 cm³/mol. The van der Waals surface area contributed by atoms with Crippen LogP contribution in [0.15, 0.2) is 30.3 Å². The van der Waals surface area contributed by atoms with Crippen LogP contribution in [0.4, 0.5) is 0 Å². The van der Waals surface area contributed by atoms with Gasteiger partial charge in [-0.2, -0.15) is 0 Å². The first-order valence-corrected chi connectivity index (χ1v) is 4.27. The van der Waals surface area contributed by atoms with Gasteiger partial charge in [0.25, 0.3) is 0 Å². The van der Waals surface area contributed by atoms with Gasteiger partial charge in [-0.15, -0.1) is 0 Å². The van der Waals surface area contributed by atoms with Crippen molar-refractivity contribution in [2.24, 2.45) is 0 Å². The Kier molecular flexibility index (Phi) is 1.70. The highest BCUT2D eigenvalue weighted by atomic mass is 32.1. The SMILES string of the molecule is Cc1[nH]c(=S)cc2ccccc12. The van der Waals surface area contributed by atoms with Crippen LogP contribution in [-0.2, 0) is 0 Å². The number of aromatic amines is 1. The summed E-state index contributed by atoms with van der Waals surface area (Å²) in [4.78, 5) is 3.13. The lowest BCUT2D eigenvalue weighted by Gasteiger charge is -2.00. The van der Waals surface area contributed by atoms with E-state index >= 15 is 0 Å². The average Bonchev–Trinajstić information content (AvgIpc) is 2.04. The molecule has 1 aromatic carbocycles. The minimum Gasteiger partial charge on any atom is -0.350 e. The Hall–Kier alpha value is -1.15. The molecule has 0 aliphatic carbocycles. The van der Waals surface area contributed by atoms with Crippen LogP contribution in [0.1, 0.15) is 5.69 Å². The molecular formula is C10H9NS. The molecule has 1 heterocycles. The van der Waals surface area contributed by atoms with Crippen LogP contribution in [0.3, 0.4) is 0 Å². The molecule has 0 radical (unpaired) electrons. The van der Waals surface area contributed by atoms with Crippen LogP contribution < -0.4 is 0 Å². The zero-order valence-electron chi connectivity index (χ0n) is 6.79. The number of H-pyrrole nitrogens is 1. The van der Waals surface area contributed by atoms with Crippen molar-refractivity contribution in [1.82, 2.24) is 4.98 Å². The molecule has 0 saturated heterocycles. The van der Waals surface area contributed by atoms with Crippen molar-refractivity contribution in [3.05, 3.63) is 40.7 Å². The standard InChI is InChI=1S/C10H9NS/c1-7-9-5-3-2-4-8(9)6-10(12)11-7/h2-6H,1H3,(H,11,12). The Morgan fingerprint density at radius 1 is 1.25 bits per heavy atom. The monoisotopic (exact) mass is 175 g/mol. The van der Waals surface area contributed by atoms with Crippen LogP contribution in [0.25, 0.3) is 10.8 Å². The Bertz CT molecular complexity index is 470. The lowest BCUT2D eigenvalue weighted by Crippen LogP contribution is -1.83. The summed E-state index contributed by atoms with van der Waals surface area (Å²) in [7, 11) is 0. The molecule has 12 heavy (non-hydrogen) atoms. The van der Waals surface area contributed by atoms with Crippen LogP contribution in [0.2, 0.25) is 0 Å². The summed E-state index contributed by atoms with van der Waals surface area (Å²) in [5.41, 5.74) is 1.14. The number of hydrogen-bond donors (Lipinski definition) is 1. The van der Waals surface area contributed by atoms with Crippen molar-refractivity contribution in [1.29, 1.82) is 0 Å². The molecule has 2 heteroatoms. The lowest BCUT2D eigenvalue weighted by atomic mass is 10.1. The molecule has 0 spiro atoms. The highest BCUT2D eigenvalue weighted by Gasteiger charge is 1.94. The number of fused-ring (bicyclic) bond motifs is 1. The molecule has 2 aromatic rings. The summed E-state index contributed by atoms with van der Waals surface area (Å²) in [6, 6.07) is 10.2. The van der Waals surface area contributed by atoms with Crippen LogP contribution >= 0.6 is 12.2 Å². The summed E-state index contributed by atoms with van der Waals surface area (Å²) < 4.78 is 0.797. The van der Waals surface area contributed by atoms with Crippen molar-refractivity contribution in [3.8, 4) is 0 Å². The Morgan fingerprint density at radius 3 is 2.83 bits per heavy atom. The fourth-order valence-electron chi connectivity index (χ4n) is 1.39. The molecule has 1 aromatic heterocycles. The quantitative estimate of drug-likeness (QED) is 0.608. The van der Waals surface area contributed by atoms with E-state index in [1.54, 1.807) is 0 Å². The van der Waals surface area contributed by atoms with Crippen molar-refractivity contribution in [2.75, 3.05) is 0 Å². The summed E-state index contributed by atoms with van der Waals surface area (Å²) in [5, 5.41) is 2.45. The Labute approximate surface area is 76.1 Å². The summed E-state index contributed by atoms with van der Waals surface area (Å²) in [6.07, 6.45) is 0. The van der Waals surface area contributed by atoms with Gasteiger partial charge in [0, 0.05) is 11.1 Å². The molecule has 0 aliphatic heterocycles. The maximum absolute atomic E-state index is 5.07. The maximum atomic E-state index is 5.07. The third kappa shape index (κ3) is 1.14. The first-order valence-electron chi connectivity index (χ1n) is 3.86. The van der Waals surface area contributed by atoms with Crippen molar-refractivity contribution in [3.63, 3.8) is 0 Å². The van der Waals surface area contributed by atoms with Crippen LogP contribution in [0, 0.1) is 11.6 Å². The van der Waals surface area contributed by atoms with Gasteiger partial charge in [-0.25, -0.2) is 0 Å². The van der Waals surface area contributed by atoms with Crippen LogP contribution in [-0.4, -0.2) is 4.98 Å². The van der Waals surface area contributed by atoms with Gasteiger partial charge >= 0.3 is 0 Å². The first kappa shape index (κ1) is 7.50. The number of aromatic nitrogens is 1. The topological polar surface area (TPSA) is 15.8 Å². The van der Waals surface area contributed by atoms with Gasteiger partial charge in [-0.3, -0.25) is 0 Å². The van der Waals surface area contributed by atoms with E-state index in [2.05, 4.69) is 17.1 Å². The second-order valence-corrected chi connectivity index (χ2v) is 3.29. The second-order valence-electron chi connectivity index (χ2n) is 2.85. The molecule has 0 fully saturated rings. The number of pyridine rings is 1. The van der Waals surface area contributed by atoms with E-state index < -0.39 is 0 Å². The van der Waals surface area contributed by atoms with Crippen molar-refractivity contribution < 1.29 is 0 Å². The first-order chi connectivity index (χ1) is 5.77. The fraction of sp³-hybridized carbons (Fsp3) is 0.100. The molecule has 0 saturated carbocycles. The molecule has 0 amide bonds. The summed E-state index contributed by atoms with van der Waals surface area (Å²) >= 11 is 5.07. The van der Waals surface area contributed by atoms with Gasteiger partial charge < -0.3 is 4.98 Å². The molecular weight excluding hydrogens is 166 g/mol. The largest absolute Gasteiger partial charge is 0.350 e. The number of aryl methyl sites for hydroxylation is 1. The van der Waals surface area contributed by atoms with E-state index in [-0.39, 0.29) is 0 Å². The Balaban J connectivity index is 2.99. The highest BCUT2D eigenvalue weighted by molar-refractivity contribution is 7.71. The molecule has 0 aliphatic rings. The number of hydrogen-bond acceptors (Lipinski definition) is 1. The van der Waals surface area contributed by atoms with Crippen LogP contribution in [0.5, 0.6) is 0 Å². The van der Waals surface area contributed by atoms with E-state index in [9.17, 15) is 0 Å². The number of rotatable bonds is 0. The van der Waals surface area contributed by atoms with E-state index in [0.717, 1.165) is 10.3 Å². The third-order valence-corrected chi connectivity index (χ3v) is 2.18. The van der Waals surface area contributed by atoms with Gasteiger partial charge in [0.05, 0.1) is 0 Å². The van der Waals surface area contributed by atoms with Gasteiger partial charge in [-0.1, -0.05) is 36.5 Å². The summed E-state index contributed by atoms with van der Waals surface area (Å²) in [6.45, 7) is 2.04. The minimum atomic E-state index is 0.797. The molecule has 1 N–H and O–H groups in total. The normalized spacial score (nSPS) is 10.4. The number of benzene rings is 1. The molecule has 1 nitrogen and oxygen atoms in total. The van der Waals surface area contributed by atoms with Gasteiger partial charge in [0.15, 0.2) is 0 Å². The van der Waals surface area contributed by atoms with E-state index in [1.165, 1.54) is 10.8 Å². The van der Waals surface area contributed by atoms with Crippen molar-refractivity contribution >= 4 is 23.0 Å². The highest BCUT2D eigenvalue weighted by Crippen LogP contribution is 2.15. The predicted octanol–water partition coefficient (Wildman–Crippen LogP) is 3.21. The minimum absolute atomic E-state index is 0.797. The molecule has 0 unspecified atom stereocenters. The van der Waals surface area contributed by atoms with Gasteiger partial charge in [-0.05, 0) is 18.4 Å². The summed E-state index contributed by atoms with van der Waals surface area (Å²) in [5.74, 6) is 0. The zero-order valence-corrected chi connectivity index (χ0v) is 7.61. The average molecular weight is 175 g/mol. The van der Waals surface area contributed by atoms with E-state index in [4.69, 9.17) is 12.2 Å². The second kappa shape index (κ2) is 2.72. The Morgan fingerprint density at radius 2 is 2.00 bits per heavy atom. The van der Waals surface area contributed by atoms with E-state index in [0.29, 0.717) is 0 Å². The van der Waals surface area contributed by atoms with Gasteiger partial charge in [0.1, 0.15) is 4.64 Å². The van der Waals surface area contributed by atoms with E-state index in [1.807, 2.05) is 25.1 Å². The van der Waals surface area contributed by atoms with Crippen molar-refractivity contribution in [2.45, 2.75) is 6.92 Å².